The number of nitriles is 1. The summed E-state index contributed by atoms with van der Waals surface area (Å²) in [4.78, 5) is 12.3. The average Bonchev–Trinajstić information content (AvgIpc) is 2.44. The molecule has 0 atom stereocenters. The molecule has 2 aromatic carbocycles. The molecule has 2 rings (SSSR count). The first-order chi connectivity index (χ1) is 10.0. The van der Waals surface area contributed by atoms with Crippen LogP contribution in [0.25, 0.3) is 0 Å². The molecule has 2 aromatic rings. The fraction of sp³-hybridized carbons (Fsp3) is 0.222. The first-order valence-electron chi connectivity index (χ1n) is 6.86. The van der Waals surface area contributed by atoms with Crippen LogP contribution in [-0.2, 0) is 6.54 Å². The Morgan fingerprint density at radius 2 is 1.67 bits per heavy atom. The lowest BCUT2D eigenvalue weighted by molar-refractivity contribution is 0.0949. The van der Waals surface area contributed by atoms with Crippen molar-refractivity contribution in [1.29, 1.82) is 5.26 Å². The zero-order chi connectivity index (χ0) is 15.4. The van der Waals surface area contributed by atoms with Gasteiger partial charge in [-0.2, -0.15) is 5.26 Å². The van der Waals surface area contributed by atoms with Crippen LogP contribution in [0.1, 0.15) is 38.2 Å². The van der Waals surface area contributed by atoms with Gasteiger partial charge in [0, 0.05) is 12.1 Å². The predicted octanol–water partition coefficient (Wildman–Crippen LogP) is 3.41. The van der Waals surface area contributed by atoms with E-state index in [9.17, 15) is 4.79 Å². The molecule has 0 saturated carbocycles. The van der Waals surface area contributed by atoms with Gasteiger partial charge < -0.3 is 5.32 Å². The maximum atomic E-state index is 12.3. The maximum absolute atomic E-state index is 12.3. The van der Waals surface area contributed by atoms with Gasteiger partial charge in [0.1, 0.15) is 0 Å². The van der Waals surface area contributed by atoms with Gasteiger partial charge in [0.25, 0.3) is 5.91 Å². The topological polar surface area (TPSA) is 52.9 Å². The molecule has 1 N–H and O–H groups in total. The Morgan fingerprint density at radius 1 is 1.10 bits per heavy atom. The summed E-state index contributed by atoms with van der Waals surface area (Å²) in [7, 11) is 0. The van der Waals surface area contributed by atoms with Gasteiger partial charge in [0.05, 0.1) is 11.6 Å². The molecule has 21 heavy (non-hydrogen) atoms. The molecular weight excluding hydrogens is 260 g/mol. The third-order valence-electron chi connectivity index (χ3n) is 3.44. The van der Waals surface area contributed by atoms with E-state index in [2.05, 4.69) is 11.4 Å². The van der Waals surface area contributed by atoms with E-state index in [1.165, 1.54) is 0 Å². The van der Waals surface area contributed by atoms with Gasteiger partial charge in [0.15, 0.2) is 0 Å². The number of nitrogens with zero attached hydrogens (tertiary/aromatic N) is 1. The van der Waals surface area contributed by atoms with Crippen LogP contribution in [0.15, 0.2) is 36.4 Å². The zero-order valence-electron chi connectivity index (χ0n) is 12.5. The fourth-order valence-corrected chi connectivity index (χ4v) is 2.51. The molecule has 0 aliphatic carbocycles. The molecule has 0 unspecified atom stereocenters. The second-order valence-corrected chi connectivity index (χ2v) is 5.27. The molecule has 106 valence electrons. The van der Waals surface area contributed by atoms with Crippen LogP contribution in [-0.4, -0.2) is 5.91 Å². The fourth-order valence-electron chi connectivity index (χ4n) is 2.51. The van der Waals surface area contributed by atoms with Gasteiger partial charge in [-0.15, -0.1) is 0 Å². The van der Waals surface area contributed by atoms with Crippen LogP contribution in [0.3, 0.4) is 0 Å². The van der Waals surface area contributed by atoms with E-state index in [4.69, 9.17) is 5.26 Å². The highest BCUT2D eigenvalue weighted by atomic mass is 16.1. The summed E-state index contributed by atoms with van der Waals surface area (Å²) >= 11 is 0. The summed E-state index contributed by atoms with van der Waals surface area (Å²) in [6, 6.07) is 13.3. The summed E-state index contributed by atoms with van der Waals surface area (Å²) in [6.45, 7) is 6.39. The lowest BCUT2D eigenvalue weighted by Crippen LogP contribution is -2.24. The van der Waals surface area contributed by atoms with Crippen molar-refractivity contribution in [3.05, 3.63) is 69.8 Å². The highest BCUT2D eigenvalue weighted by Gasteiger charge is 2.12. The SMILES string of the molecule is Cc1cc(C)c(C(=O)NCc2ccc(C#N)cc2)c(C)c1. The van der Waals surface area contributed by atoms with E-state index in [1.807, 2.05) is 45.0 Å². The van der Waals surface area contributed by atoms with E-state index < -0.39 is 0 Å². The standard InChI is InChI=1S/C18H18N2O/c1-12-8-13(2)17(14(3)9-12)18(21)20-11-16-6-4-15(10-19)5-7-16/h4-9H,11H2,1-3H3,(H,20,21). The van der Waals surface area contributed by atoms with E-state index in [-0.39, 0.29) is 5.91 Å². The molecule has 0 saturated heterocycles. The molecule has 0 spiro atoms. The molecule has 0 aliphatic rings. The van der Waals surface area contributed by atoms with Gasteiger partial charge in [-0.25, -0.2) is 0 Å². The molecule has 0 aromatic heterocycles. The summed E-state index contributed by atoms with van der Waals surface area (Å²) < 4.78 is 0. The lowest BCUT2D eigenvalue weighted by atomic mass is 9.99. The van der Waals surface area contributed by atoms with E-state index in [0.29, 0.717) is 12.1 Å². The van der Waals surface area contributed by atoms with Gasteiger partial charge in [-0.1, -0.05) is 29.8 Å². The smallest absolute Gasteiger partial charge is 0.252 e. The molecule has 0 radical (unpaired) electrons. The number of rotatable bonds is 3. The van der Waals surface area contributed by atoms with Gasteiger partial charge >= 0.3 is 0 Å². The number of hydrogen-bond donors (Lipinski definition) is 1. The number of aryl methyl sites for hydroxylation is 3. The Kier molecular flexibility index (Phi) is 4.39. The van der Waals surface area contributed by atoms with Crippen molar-refractivity contribution in [2.24, 2.45) is 0 Å². The van der Waals surface area contributed by atoms with Crippen molar-refractivity contribution in [2.45, 2.75) is 27.3 Å². The first-order valence-corrected chi connectivity index (χ1v) is 6.86. The van der Waals surface area contributed by atoms with Crippen LogP contribution in [0.5, 0.6) is 0 Å². The Morgan fingerprint density at radius 3 is 2.19 bits per heavy atom. The quantitative estimate of drug-likeness (QED) is 0.935. The van der Waals surface area contributed by atoms with Crippen molar-refractivity contribution < 1.29 is 4.79 Å². The van der Waals surface area contributed by atoms with Crippen LogP contribution in [0.4, 0.5) is 0 Å². The largest absolute Gasteiger partial charge is 0.348 e. The number of carbonyl (C=O) groups is 1. The predicted molar refractivity (Wildman–Crippen MR) is 83.0 cm³/mol. The minimum absolute atomic E-state index is 0.0608. The first kappa shape index (κ1) is 14.8. The van der Waals surface area contributed by atoms with Gasteiger partial charge in [-0.05, 0) is 49.6 Å². The number of nitrogens with one attached hydrogen (secondary N) is 1. The Labute approximate surface area is 125 Å². The molecule has 1 amide bonds. The summed E-state index contributed by atoms with van der Waals surface area (Å²) in [5, 5.41) is 11.7. The van der Waals surface area contributed by atoms with Crippen LogP contribution in [0, 0.1) is 32.1 Å². The van der Waals surface area contributed by atoms with E-state index >= 15 is 0 Å². The Balaban J connectivity index is 2.10. The average molecular weight is 278 g/mol. The molecule has 0 fully saturated rings. The molecule has 0 aliphatic heterocycles. The maximum Gasteiger partial charge on any atom is 0.252 e. The number of carbonyl (C=O) groups excluding carboxylic acids is 1. The highest BCUT2D eigenvalue weighted by Crippen LogP contribution is 2.16. The van der Waals surface area contributed by atoms with Gasteiger partial charge in [0.2, 0.25) is 0 Å². The summed E-state index contributed by atoms with van der Waals surface area (Å²) in [5.41, 5.74) is 5.48. The highest BCUT2D eigenvalue weighted by molar-refractivity contribution is 5.97. The molecule has 0 bridgehead atoms. The third-order valence-corrected chi connectivity index (χ3v) is 3.44. The molecular formula is C18H18N2O. The van der Waals surface area contributed by atoms with Crippen molar-refractivity contribution in [3.63, 3.8) is 0 Å². The number of amides is 1. The lowest BCUT2D eigenvalue weighted by Gasteiger charge is -2.12. The second kappa shape index (κ2) is 6.23. The van der Waals surface area contributed by atoms with Crippen LogP contribution in [0.2, 0.25) is 0 Å². The second-order valence-electron chi connectivity index (χ2n) is 5.27. The molecule has 3 heteroatoms. The molecule has 3 nitrogen and oxygen atoms in total. The molecule has 0 heterocycles. The number of hydrogen-bond acceptors (Lipinski definition) is 2. The zero-order valence-corrected chi connectivity index (χ0v) is 12.5. The van der Waals surface area contributed by atoms with Crippen LogP contribution < -0.4 is 5.32 Å². The monoisotopic (exact) mass is 278 g/mol. The normalized spacial score (nSPS) is 10.0. The minimum atomic E-state index is -0.0608. The Hall–Kier alpha value is -2.60. The number of benzene rings is 2. The van der Waals surface area contributed by atoms with Crippen molar-refractivity contribution in [1.82, 2.24) is 5.32 Å². The van der Waals surface area contributed by atoms with E-state index in [0.717, 1.165) is 27.8 Å². The third kappa shape index (κ3) is 3.49. The summed E-state index contributed by atoms with van der Waals surface area (Å²) in [5.74, 6) is -0.0608. The van der Waals surface area contributed by atoms with Gasteiger partial charge in [-0.3, -0.25) is 4.79 Å². The van der Waals surface area contributed by atoms with Crippen molar-refractivity contribution in [2.75, 3.05) is 0 Å². The van der Waals surface area contributed by atoms with E-state index in [1.54, 1.807) is 12.1 Å². The van der Waals surface area contributed by atoms with Crippen molar-refractivity contribution in [3.8, 4) is 6.07 Å². The summed E-state index contributed by atoms with van der Waals surface area (Å²) in [6.07, 6.45) is 0. The Bertz CT molecular complexity index is 686. The minimum Gasteiger partial charge on any atom is -0.348 e. The van der Waals surface area contributed by atoms with Crippen molar-refractivity contribution >= 4 is 5.91 Å². The van der Waals surface area contributed by atoms with Crippen LogP contribution >= 0.6 is 0 Å².